The lowest BCUT2D eigenvalue weighted by Gasteiger charge is -2.29. The molecule has 0 fully saturated rings. The van der Waals surface area contributed by atoms with Crippen molar-refractivity contribution in [3.05, 3.63) is 97.2 Å². The molecule has 0 radical (unpaired) electrons. The summed E-state index contributed by atoms with van der Waals surface area (Å²) in [6.07, 6.45) is 57.5. The first-order chi connectivity index (χ1) is 28.5. The molecule has 0 saturated heterocycles. The van der Waals surface area contributed by atoms with E-state index in [1.165, 1.54) is 44.9 Å². The molecule has 0 aromatic heterocycles. The summed E-state index contributed by atoms with van der Waals surface area (Å²) in [4.78, 5) is 25.3. The van der Waals surface area contributed by atoms with E-state index < -0.39 is 26.6 Å². The summed E-state index contributed by atoms with van der Waals surface area (Å²) in [5, 5.41) is 13.7. The Balaban J connectivity index is 4.35. The number of likely N-dealkylation sites (N-methyl/N-ethyl adjacent to an activating group) is 1. The van der Waals surface area contributed by atoms with Gasteiger partial charge in [-0.3, -0.25) is 9.36 Å². The summed E-state index contributed by atoms with van der Waals surface area (Å²) < 4.78 is 23.2. The van der Waals surface area contributed by atoms with Crippen molar-refractivity contribution in [1.29, 1.82) is 0 Å². The zero-order valence-corrected chi connectivity index (χ0v) is 39.1. The van der Waals surface area contributed by atoms with E-state index in [-0.39, 0.29) is 12.5 Å². The molecule has 0 aromatic rings. The van der Waals surface area contributed by atoms with E-state index in [4.69, 9.17) is 9.05 Å². The van der Waals surface area contributed by atoms with Crippen molar-refractivity contribution in [1.82, 2.24) is 5.32 Å². The summed E-state index contributed by atoms with van der Waals surface area (Å²) >= 11 is 0. The number of amides is 1. The maximum absolute atomic E-state index is 12.9. The second kappa shape index (κ2) is 40.8. The first-order valence-corrected chi connectivity index (χ1v) is 24.6. The number of quaternary nitrogens is 1. The molecule has 3 atom stereocenters. The van der Waals surface area contributed by atoms with E-state index in [2.05, 4.69) is 104 Å². The van der Waals surface area contributed by atoms with E-state index in [1.54, 1.807) is 6.08 Å². The number of unbranched alkanes of at least 4 members (excludes halogenated alkanes) is 13. The second-order valence-corrected chi connectivity index (χ2v) is 17.8. The number of aliphatic hydroxyl groups is 1. The minimum absolute atomic E-state index is 0.0156. The highest BCUT2D eigenvalue weighted by Crippen LogP contribution is 2.38. The summed E-state index contributed by atoms with van der Waals surface area (Å²) in [5.41, 5.74) is 0. The van der Waals surface area contributed by atoms with Crippen LogP contribution in [0.5, 0.6) is 0 Å². The van der Waals surface area contributed by atoms with Gasteiger partial charge in [-0.1, -0.05) is 169 Å². The van der Waals surface area contributed by atoms with Crippen LogP contribution in [0.4, 0.5) is 0 Å². The van der Waals surface area contributed by atoms with Crippen molar-refractivity contribution in [2.24, 2.45) is 0 Å². The first kappa shape index (κ1) is 56.4. The van der Waals surface area contributed by atoms with Crippen molar-refractivity contribution in [2.45, 2.75) is 174 Å². The molecule has 0 rings (SSSR count). The lowest BCUT2D eigenvalue weighted by molar-refractivity contribution is -0.870. The van der Waals surface area contributed by atoms with Gasteiger partial charge in [-0.2, -0.15) is 0 Å². The zero-order chi connectivity index (χ0) is 43.6. The fourth-order valence-corrected chi connectivity index (χ4v) is 6.56. The number of carbonyl (C=O) groups excluding carboxylic acids is 1. The summed E-state index contributed by atoms with van der Waals surface area (Å²) in [6.45, 7) is 4.42. The highest BCUT2D eigenvalue weighted by Gasteiger charge is 2.23. The number of phosphoric ester groups is 1. The minimum atomic E-state index is -4.61. The lowest BCUT2D eigenvalue weighted by atomic mass is 10.1. The third-order valence-corrected chi connectivity index (χ3v) is 10.5. The fourth-order valence-electron chi connectivity index (χ4n) is 5.84. The van der Waals surface area contributed by atoms with Gasteiger partial charge in [0, 0.05) is 6.42 Å². The first-order valence-electron chi connectivity index (χ1n) is 23.1. The van der Waals surface area contributed by atoms with Crippen LogP contribution in [0.3, 0.4) is 0 Å². The van der Waals surface area contributed by atoms with Crippen molar-refractivity contribution in [3.8, 4) is 0 Å². The molecule has 0 aliphatic carbocycles. The molecule has 0 aliphatic rings. The van der Waals surface area contributed by atoms with Crippen molar-refractivity contribution in [2.75, 3.05) is 40.9 Å². The molecule has 59 heavy (non-hydrogen) atoms. The molecule has 0 bridgehead atoms. The van der Waals surface area contributed by atoms with Gasteiger partial charge in [0.05, 0.1) is 39.9 Å². The Bertz CT molecular complexity index is 1280. The number of rotatable bonds is 40. The molecule has 1 amide bonds. The standard InChI is InChI=1S/C50H87N2O6P/c1-6-8-10-12-14-16-18-20-21-22-23-24-25-26-27-28-29-30-31-32-34-36-38-40-42-44-50(54)51-48(47-58-59(55,56)57-46-45-52(3,4)5)49(53)43-41-39-37-35-33-19-17-15-13-11-9-7-2/h8,10,13-16,20-21,23-24,26-27,33,35,41,43,48-49,53H,6-7,9,11-12,17-19,22,25,28-32,34,36-40,42,44-47H2,1-5H3,(H-,51,54,55,56)/b10-8-,15-13+,16-14-,21-20-,24-23-,27-26-,35-33+,43-41+. The summed E-state index contributed by atoms with van der Waals surface area (Å²) in [6, 6.07) is -0.918. The number of carbonyl (C=O) groups is 1. The Morgan fingerprint density at radius 1 is 0.610 bits per heavy atom. The van der Waals surface area contributed by atoms with E-state index in [0.29, 0.717) is 17.4 Å². The monoisotopic (exact) mass is 843 g/mol. The molecule has 8 nitrogen and oxygen atoms in total. The van der Waals surface area contributed by atoms with Gasteiger partial charge in [-0.25, -0.2) is 0 Å². The molecule has 0 spiro atoms. The zero-order valence-electron chi connectivity index (χ0n) is 38.2. The van der Waals surface area contributed by atoms with Crippen LogP contribution >= 0.6 is 7.82 Å². The Hall–Kier alpha value is -2.58. The molecule has 0 saturated carbocycles. The van der Waals surface area contributed by atoms with E-state index in [0.717, 1.165) is 96.3 Å². The van der Waals surface area contributed by atoms with Crippen LogP contribution in [-0.4, -0.2) is 68.5 Å². The number of allylic oxidation sites excluding steroid dienone is 15. The highest BCUT2D eigenvalue weighted by molar-refractivity contribution is 7.45. The highest BCUT2D eigenvalue weighted by atomic mass is 31.2. The minimum Gasteiger partial charge on any atom is -0.756 e. The quantitative estimate of drug-likeness (QED) is 0.0275. The van der Waals surface area contributed by atoms with Gasteiger partial charge in [0.2, 0.25) is 5.91 Å². The Morgan fingerprint density at radius 2 is 1.05 bits per heavy atom. The van der Waals surface area contributed by atoms with Gasteiger partial charge >= 0.3 is 0 Å². The van der Waals surface area contributed by atoms with E-state index >= 15 is 0 Å². The van der Waals surface area contributed by atoms with Gasteiger partial charge in [0.15, 0.2) is 0 Å². The fraction of sp³-hybridized carbons (Fsp3) is 0.660. The number of nitrogens with zero attached hydrogens (tertiary/aromatic N) is 1. The molecule has 3 unspecified atom stereocenters. The SMILES string of the molecule is CC/C=C\C/C=C\C/C=C\C/C=C\C/C=C\CCCCCCCCCCCC(=O)NC(COP(=O)([O-])OCC[N+](C)(C)C)C(O)/C=C/CC/C=C/CC/C=C/CCCC. The molecular weight excluding hydrogens is 756 g/mol. The van der Waals surface area contributed by atoms with Crippen LogP contribution in [-0.2, 0) is 18.4 Å². The molecule has 338 valence electrons. The van der Waals surface area contributed by atoms with Crippen LogP contribution in [0.2, 0.25) is 0 Å². The van der Waals surface area contributed by atoms with Crippen LogP contribution in [0.25, 0.3) is 0 Å². The number of hydrogen-bond acceptors (Lipinski definition) is 6. The topological polar surface area (TPSA) is 108 Å². The maximum Gasteiger partial charge on any atom is 0.268 e. The molecule has 2 N–H and O–H groups in total. The van der Waals surface area contributed by atoms with Crippen LogP contribution in [0, 0.1) is 0 Å². The molecule has 0 heterocycles. The van der Waals surface area contributed by atoms with Crippen molar-refractivity contribution in [3.63, 3.8) is 0 Å². The number of aliphatic hydroxyl groups excluding tert-OH is 1. The normalized spacial score (nSPS) is 15.2. The van der Waals surface area contributed by atoms with Crippen LogP contribution < -0.4 is 10.2 Å². The van der Waals surface area contributed by atoms with Gasteiger partial charge in [-0.15, -0.1) is 0 Å². The molecule has 9 heteroatoms. The lowest BCUT2D eigenvalue weighted by Crippen LogP contribution is -2.45. The summed E-state index contributed by atoms with van der Waals surface area (Å²) in [5.74, 6) is -0.225. The van der Waals surface area contributed by atoms with Crippen molar-refractivity contribution < 1.29 is 32.9 Å². The smallest absolute Gasteiger partial charge is 0.268 e. The Morgan fingerprint density at radius 3 is 1.58 bits per heavy atom. The molecular formula is C50H87N2O6P. The number of hydrogen-bond donors (Lipinski definition) is 2. The number of phosphoric acid groups is 1. The Kier molecular flexibility index (Phi) is 39.0. The second-order valence-electron chi connectivity index (χ2n) is 16.4. The van der Waals surface area contributed by atoms with E-state index in [1.807, 2.05) is 27.2 Å². The molecule has 0 aliphatic heterocycles. The maximum atomic E-state index is 12.9. The van der Waals surface area contributed by atoms with Gasteiger partial charge in [0.1, 0.15) is 13.2 Å². The van der Waals surface area contributed by atoms with Crippen LogP contribution in [0.15, 0.2) is 97.2 Å². The average Bonchev–Trinajstić information content (AvgIpc) is 3.19. The van der Waals surface area contributed by atoms with Crippen molar-refractivity contribution >= 4 is 13.7 Å². The largest absolute Gasteiger partial charge is 0.756 e. The van der Waals surface area contributed by atoms with E-state index in [9.17, 15) is 19.4 Å². The summed E-state index contributed by atoms with van der Waals surface area (Å²) in [7, 11) is 1.21. The predicted molar refractivity (Wildman–Crippen MR) is 251 cm³/mol. The van der Waals surface area contributed by atoms with Gasteiger partial charge in [-0.05, 0) is 83.5 Å². The molecule has 0 aromatic carbocycles. The predicted octanol–water partition coefficient (Wildman–Crippen LogP) is 12.5. The Labute approximate surface area is 362 Å². The third kappa shape index (κ3) is 43.3. The third-order valence-electron chi connectivity index (χ3n) is 9.51. The van der Waals surface area contributed by atoms with Crippen LogP contribution in [0.1, 0.15) is 162 Å². The van der Waals surface area contributed by atoms with Gasteiger partial charge in [0.25, 0.3) is 7.82 Å². The average molecular weight is 843 g/mol. The number of nitrogens with one attached hydrogen (secondary N) is 1. The van der Waals surface area contributed by atoms with Gasteiger partial charge < -0.3 is 28.8 Å².